The van der Waals surface area contributed by atoms with E-state index in [9.17, 15) is 0 Å². The van der Waals surface area contributed by atoms with Crippen LogP contribution in [-0.4, -0.2) is 23.1 Å². The lowest BCUT2D eigenvalue weighted by atomic mass is 10.1. The predicted octanol–water partition coefficient (Wildman–Crippen LogP) is 3.61. The quantitative estimate of drug-likeness (QED) is 0.923. The average Bonchev–Trinajstić information content (AvgIpc) is 2.99. The summed E-state index contributed by atoms with van der Waals surface area (Å²) >= 11 is 6.29. The lowest BCUT2D eigenvalue weighted by Gasteiger charge is -2.29. The van der Waals surface area contributed by atoms with Gasteiger partial charge in [-0.05, 0) is 58.1 Å². The topological polar surface area (TPSA) is 28.2 Å². The second-order valence-corrected chi connectivity index (χ2v) is 7.59. The van der Waals surface area contributed by atoms with Crippen LogP contribution in [0.4, 0.5) is 5.82 Å². The van der Waals surface area contributed by atoms with Crippen LogP contribution in [0.15, 0.2) is 12.1 Å². The van der Waals surface area contributed by atoms with E-state index in [0.29, 0.717) is 6.04 Å². The van der Waals surface area contributed by atoms with E-state index in [4.69, 9.17) is 16.6 Å². The first-order valence-electron chi connectivity index (χ1n) is 7.59. The first kappa shape index (κ1) is 14.2. The monoisotopic (exact) mass is 293 g/mol. The van der Waals surface area contributed by atoms with Gasteiger partial charge in [0.15, 0.2) is 0 Å². The molecule has 1 aromatic rings. The van der Waals surface area contributed by atoms with E-state index in [1.165, 1.54) is 25.8 Å². The highest BCUT2D eigenvalue weighted by Crippen LogP contribution is 2.39. The maximum Gasteiger partial charge on any atom is 0.129 e. The van der Waals surface area contributed by atoms with Crippen molar-refractivity contribution in [2.75, 3.05) is 11.4 Å². The van der Waals surface area contributed by atoms with Crippen molar-refractivity contribution in [1.29, 1.82) is 0 Å². The largest absolute Gasteiger partial charge is 0.353 e. The van der Waals surface area contributed by atoms with Gasteiger partial charge in [-0.3, -0.25) is 0 Å². The molecule has 2 aliphatic rings. The number of halogens is 1. The van der Waals surface area contributed by atoms with Gasteiger partial charge in [0.2, 0.25) is 0 Å². The van der Waals surface area contributed by atoms with Crippen molar-refractivity contribution in [3.63, 3.8) is 0 Å². The third-order valence-electron chi connectivity index (χ3n) is 4.39. The van der Waals surface area contributed by atoms with E-state index in [1.807, 2.05) is 6.07 Å². The Hall–Kier alpha value is -0.800. The summed E-state index contributed by atoms with van der Waals surface area (Å²) in [6.07, 6.45) is 4.07. The minimum Gasteiger partial charge on any atom is -0.353 e. The summed E-state index contributed by atoms with van der Waals surface area (Å²) in [5.41, 5.74) is 1.04. The normalized spacial score (nSPS) is 25.5. The highest BCUT2D eigenvalue weighted by molar-refractivity contribution is 6.31. The van der Waals surface area contributed by atoms with E-state index in [0.717, 1.165) is 29.0 Å². The highest BCUT2D eigenvalue weighted by Gasteiger charge is 2.38. The number of rotatable bonds is 3. The number of piperidine rings is 1. The Balaban J connectivity index is 1.76. The Morgan fingerprint density at radius 2 is 2.15 bits per heavy atom. The number of nitrogens with zero attached hydrogens (tertiary/aromatic N) is 2. The van der Waals surface area contributed by atoms with Gasteiger partial charge in [0, 0.05) is 24.7 Å². The van der Waals surface area contributed by atoms with Crippen LogP contribution in [0.2, 0.25) is 5.02 Å². The Morgan fingerprint density at radius 1 is 1.35 bits per heavy atom. The van der Waals surface area contributed by atoms with Gasteiger partial charge in [-0.2, -0.15) is 0 Å². The molecule has 1 aliphatic heterocycles. The summed E-state index contributed by atoms with van der Waals surface area (Å²) in [6, 6.07) is 4.77. The smallest absolute Gasteiger partial charge is 0.129 e. The fourth-order valence-electron chi connectivity index (χ4n) is 3.31. The van der Waals surface area contributed by atoms with Gasteiger partial charge >= 0.3 is 0 Å². The summed E-state index contributed by atoms with van der Waals surface area (Å²) in [5, 5.41) is 4.22. The van der Waals surface area contributed by atoms with E-state index >= 15 is 0 Å². The van der Waals surface area contributed by atoms with Crippen LogP contribution in [0, 0.1) is 5.92 Å². The molecule has 20 heavy (non-hydrogen) atoms. The number of anilines is 1. The van der Waals surface area contributed by atoms with Crippen molar-refractivity contribution < 1.29 is 0 Å². The summed E-state index contributed by atoms with van der Waals surface area (Å²) < 4.78 is 0. The molecule has 0 amide bonds. The minimum atomic E-state index is 0.0771. The van der Waals surface area contributed by atoms with Crippen LogP contribution in [0.1, 0.15) is 45.7 Å². The maximum absolute atomic E-state index is 6.29. The number of nitrogens with one attached hydrogen (secondary N) is 1. The van der Waals surface area contributed by atoms with E-state index < -0.39 is 0 Å². The van der Waals surface area contributed by atoms with Crippen molar-refractivity contribution in [1.82, 2.24) is 10.3 Å². The molecule has 3 nitrogen and oxygen atoms in total. The molecule has 1 aliphatic carbocycles. The minimum absolute atomic E-state index is 0.0771. The van der Waals surface area contributed by atoms with Gasteiger partial charge in [-0.1, -0.05) is 11.6 Å². The average molecular weight is 294 g/mol. The Morgan fingerprint density at radius 3 is 2.75 bits per heavy atom. The van der Waals surface area contributed by atoms with Crippen molar-refractivity contribution in [3.8, 4) is 0 Å². The second kappa shape index (κ2) is 5.19. The fourth-order valence-corrected chi connectivity index (χ4v) is 3.48. The van der Waals surface area contributed by atoms with Crippen LogP contribution in [0.3, 0.4) is 0 Å². The zero-order chi connectivity index (χ0) is 14.3. The van der Waals surface area contributed by atoms with Crippen LogP contribution >= 0.6 is 11.6 Å². The van der Waals surface area contributed by atoms with Crippen LogP contribution in [-0.2, 0) is 6.54 Å². The van der Waals surface area contributed by atoms with Gasteiger partial charge in [-0.15, -0.1) is 0 Å². The van der Waals surface area contributed by atoms with E-state index in [1.54, 1.807) is 0 Å². The van der Waals surface area contributed by atoms with E-state index in [-0.39, 0.29) is 5.54 Å². The highest BCUT2D eigenvalue weighted by atomic mass is 35.5. The molecule has 2 bridgehead atoms. The number of fused-ring (bicyclic) bond motifs is 2. The summed E-state index contributed by atoms with van der Waals surface area (Å²) in [5.74, 6) is 1.99. The van der Waals surface area contributed by atoms with E-state index in [2.05, 4.69) is 37.1 Å². The zero-order valence-electron chi connectivity index (χ0n) is 12.6. The number of hydrogen-bond acceptors (Lipinski definition) is 3. The van der Waals surface area contributed by atoms with Crippen LogP contribution in [0.5, 0.6) is 0 Å². The third kappa shape index (κ3) is 2.94. The number of aromatic nitrogens is 1. The molecule has 1 saturated carbocycles. The van der Waals surface area contributed by atoms with Crippen LogP contribution < -0.4 is 10.2 Å². The van der Waals surface area contributed by atoms with Crippen molar-refractivity contribution in [3.05, 3.63) is 22.8 Å². The van der Waals surface area contributed by atoms with Crippen molar-refractivity contribution in [2.24, 2.45) is 5.92 Å². The summed E-state index contributed by atoms with van der Waals surface area (Å²) in [4.78, 5) is 7.28. The first-order chi connectivity index (χ1) is 9.42. The Kier molecular flexibility index (Phi) is 3.67. The molecule has 4 heteroatoms. The van der Waals surface area contributed by atoms with Gasteiger partial charge < -0.3 is 10.2 Å². The summed E-state index contributed by atoms with van der Waals surface area (Å²) in [6.45, 7) is 8.36. The zero-order valence-corrected chi connectivity index (χ0v) is 13.4. The van der Waals surface area contributed by atoms with Gasteiger partial charge in [0.1, 0.15) is 5.82 Å². The van der Waals surface area contributed by atoms with Gasteiger partial charge in [0.05, 0.1) is 10.7 Å². The molecular formula is C16H24ClN3. The molecule has 1 N–H and O–H groups in total. The molecule has 2 atom stereocenters. The van der Waals surface area contributed by atoms with Crippen molar-refractivity contribution >= 4 is 17.4 Å². The second-order valence-electron chi connectivity index (χ2n) is 7.19. The Labute approximate surface area is 126 Å². The molecule has 1 saturated heterocycles. The lowest BCUT2D eigenvalue weighted by molar-refractivity contribution is 0.421. The maximum atomic E-state index is 6.29. The molecule has 2 heterocycles. The summed E-state index contributed by atoms with van der Waals surface area (Å²) in [7, 11) is 0. The van der Waals surface area contributed by atoms with Crippen molar-refractivity contribution in [2.45, 2.75) is 58.2 Å². The van der Waals surface area contributed by atoms with Crippen LogP contribution in [0.25, 0.3) is 0 Å². The lowest BCUT2D eigenvalue weighted by Crippen LogP contribution is -2.36. The molecule has 3 rings (SSSR count). The molecule has 0 aromatic carbocycles. The number of hydrogen-bond donors (Lipinski definition) is 1. The third-order valence-corrected chi connectivity index (χ3v) is 4.74. The van der Waals surface area contributed by atoms with Gasteiger partial charge in [-0.25, -0.2) is 4.98 Å². The first-order valence-corrected chi connectivity index (χ1v) is 7.97. The van der Waals surface area contributed by atoms with Gasteiger partial charge in [0.25, 0.3) is 0 Å². The molecular weight excluding hydrogens is 270 g/mol. The predicted molar refractivity (Wildman–Crippen MR) is 84.3 cm³/mol. The SMILES string of the molecule is CC(C)(C)NCc1nc(N2CC3CCC2C3)ccc1Cl. The molecule has 2 unspecified atom stereocenters. The fraction of sp³-hybridized carbons (Fsp3) is 0.688. The molecule has 2 fully saturated rings. The molecule has 110 valence electrons. The molecule has 0 spiro atoms. The molecule has 1 aromatic heterocycles. The molecule has 0 radical (unpaired) electrons. The number of pyridine rings is 1. The standard InChI is InChI=1S/C16H24ClN3/c1-16(2,3)18-9-14-13(17)6-7-15(19-14)20-10-11-4-5-12(20)8-11/h6-7,11-12,18H,4-5,8-10H2,1-3H3. The Bertz CT molecular complexity index is 495.